The van der Waals surface area contributed by atoms with Gasteiger partial charge in [0.2, 0.25) is 11.6 Å². The SMILES string of the molecule is COc1cc(C)c2c(c1)C(OC)C1=C(C=C2)C(O)=C(C(C)C)C(=O)C1=O. The van der Waals surface area contributed by atoms with E-state index in [1.54, 1.807) is 33.1 Å². The van der Waals surface area contributed by atoms with Gasteiger partial charge in [0, 0.05) is 23.8 Å². The fourth-order valence-electron chi connectivity index (χ4n) is 3.63. The molecule has 1 atom stereocenters. The highest BCUT2D eigenvalue weighted by Gasteiger charge is 2.40. The smallest absolute Gasteiger partial charge is 0.233 e. The molecule has 0 heterocycles. The maximum absolute atomic E-state index is 12.9. The third-order valence-electron chi connectivity index (χ3n) is 4.90. The number of methoxy groups -OCH3 is 2. The van der Waals surface area contributed by atoms with E-state index in [0.717, 1.165) is 16.7 Å². The average molecular weight is 354 g/mol. The first-order chi connectivity index (χ1) is 12.3. The van der Waals surface area contributed by atoms with Crippen LogP contribution in [0.4, 0.5) is 0 Å². The predicted molar refractivity (Wildman–Crippen MR) is 98.0 cm³/mol. The van der Waals surface area contributed by atoms with Crippen molar-refractivity contribution in [2.24, 2.45) is 5.92 Å². The van der Waals surface area contributed by atoms with E-state index in [1.807, 2.05) is 19.1 Å². The normalized spacial score (nSPS) is 19.7. The van der Waals surface area contributed by atoms with Gasteiger partial charge in [-0.05, 0) is 41.7 Å². The molecule has 1 aromatic carbocycles. The zero-order valence-electron chi connectivity index (χ0n) is 15.5. The Morgan fingerprint density at radius 3 is 2.35 bits per heavy atom. The van der Waals surface area contributed by atoms with E-state index in [0.29, 0.717) is 11.3 Å². The summed E-state index contributed by atoms with van der Waals surface area (Å²) in [6.45, 7) is 5.49. The zero-order valence-corrected chi connectivity index (χ0v) is 15.5. The molecule has 1 unspecified atom stereocenters. The molecule has 1 N–H and O–H groups in total. The summed E-state index contributed by atoms with van der Waals surface area (Å²) in [4.78, 5) is 25.5. The van der Waals surface area contributed by atoms with Gasteiger partial charge in [-0.25, -0.2) is 0 Å². The lowest BCUT2D eigenvalue weighted by Gasteiger charge is -2.26. The van der Waals surface area contributed by atoms with Gasteiger partial charge in [-0.1, -0.05) is 26.0 Å². The lowest BCUT2D eigenvalue weighted by atomic mass is 9.80. The first kappa shape index (κ1) is 18.1. The fourth-order valence-corrected chi connectivity index (χ4v) is 3.63. The highest BCUT2D eigenvalue weighted by atomic mass is 16.5. The quantitative estimate of drug-likeness (QED) is 0.663. The van der Waals surface area contributed by atoms with Crippen LogP contribution >= 0.6 is 0 Å². The summed E-state index contributed by atoms with van der Waals surface area (Å²) in [5.41, 5.74) is 3.22. The number of ketones is 2. The molecule has 0 radical (unpaired) electrons. The molecule has 0 bridgehead atoms. The molecular formula is C21H22O5. The second kappa shape index (κ2) is 6.57. The van der Waals surface area contributed by atoms with Crippen LogP contribution in [0.15, 0.2) is 40.7 Å². The first-order valence-electron chi connectivity index (χ1n) is 8.47. The van der Waals surface area contributed by atoms with Gasteiger partial charge in [0.1, 0.15) is 17.6 Å². The third kappa shape index (κ3) is 2.59. The van der Waals surface area contributed by atoms with Crippen LogP contribution in [0.5, 0.6) is 5.75 Å². The van der Waals surface area contributed by atoms with Crippen LogP contribution in [0.3, 0.4) is 0 Å². The van der Waals surface area contributed by atoms with Crippen molar-refractivity contribution in [2.45, 2.75) is 26.9 Å². The van der Waals surface area contributed by atoms with E-state index in [2.05, 4.69) is 0 Å². The summed E-state index contributed by atoms with van der Waals surface area (Å²) in [6, 6.07) is 3.69. The number of Topliss-reactive ketones (excluding diaryl/α,β-unsaturated/α-hetero) is 2. The standard InChI is InChI=1S/C21H22O5/c1-10(2)16-18(22)14-7-6-13-11(3)8-12(25-4)9-15(13)21(26-5)17(14)20(24)19(16)23/h6-10,21-22H,1-5H3. The number of carbonyl (C=O) groups is 2. The molecule has 2 aliphatic rings. The van der Waals surface area contributed by atoms with Gasteiger partial charge in [0.05, 0.1) is 7.11 Å². The first-order valence-corrected chi connectivity index (χ1v) is 8.47. The van der Waals surface area contributed by atoms with E-state index in [1.165, 1.54) is 7.11 Å². The summed E-state index contributed by atoms with van der Waals surface area (Å²) < 4.78 is 11.0. The number of aryl methyl sites for hydroxylation is 1. The van der Waals surface area contributed by atoms with Crippen LogP contribution < -0.4 is 4.74 Å². The Morgan fingerprint density at radius 2 is 1.77 bits per heavy atom. The number of allylic oxidation sites excluding steroid dienone is 2. The van der Waals surface area contributed by atoms with Crippen LogP contribution in [-0.2, 0) is 14.3 Å². The minimum absolute atomic E-state index is 0.143. The van der Waals surface area contributed by atoms with Crippen LogP contribution in [0.2, 0.25) is 0 Å². The van der Waals surface area contributed by atoms with Crippen molar-refractivity contribution in [3.63, 3.8) is 0 Å². The zero-order chi connectivity index (χ0) is 19.2. The van der Waals surface area contributed by atoms with E-state index in [4.69, 9.17) is 9.47 Å². The summed E-state index contributed by atoms with van der Waals surface area (Å²) in [5.74, 6) is -1.07. The van der Waals surface area contributed by atoms with E-state index < -0.39 is 17.7 Å². The molecule has 0 amide bonds. The molecule has 0 saturated heterocycles. The number of aliphatic hydroxyl groups is 1. The van der Waals surface area contributed by atoms with Crippen LogP contribution in [0, 0.1) is 12.8 Å². The number of benzene rings is 1. The number of ether oxygens (including phenoxy) is 2. The van der Waals surface area contributed by atoms with Gasteiger partial charge in [0.15, 0.2) is 0 Å². The van der Waals surface area contributed by atoms with Crippen molar-refractivity contribution in [1.82, 2.24) is 0 Å². The van der Waals surface area contributed by atoms with Gasteiger partial charge in [-0.15, -0.1) is 0 Å². The van der Waals surface area contributed by atoms with Crippen molar-refractivity contribution in [1.29, 1.82) is 0 Å². The van der Waals surface area contributed by atoms with Gasteiger partial charge in [-0.3, -0.25) is 9.59 Å². The lowest BCUT2D eigenvalue weighted by molar-refractivity contribution is -0.133. The Morgan fingerprint density at radius 1 is 1.08 bits per heavy atom. The Bertz CT molecular complexity index is 899. The number of rotatable bonds is 3. The number of fused-ring (bicyclic) bond motifs is 1. The molecule has 5 heteroatoms. The second-order valence-corrected chi connectivity index (χ2v) is 6.80. The summed E-state index contributed by atoms with van der Waals surface area (Å²) in [6.07, 6.45) is 2.76. The topological polar surface area (TPSA) is 72.8 Å². The number of carbonyl (C=O) groups excluding carboxylic acids is 2. The molecule has 2 aliphatic carbocycles. The van der Waals surface area contributed by atoms with Gasteiger partial charge in [0.25, 0.3) is 0 Å². The molecule has 0 spiro atoms. The fraction of sp³-hybridized carbons (Fsp3) is 0.333. The number of hydrogen-bond acceptors (Lipinski definition) is 5. The molecule has 136 valence electrons. The molecule has 1 aromatic rings. The molecular weight excluding hydrogens is 332 g/mol. The van der Waals surface area contributed by atoms with E-state index >= 15 is 0 Å². The summed E-state index contributed by atoms with van der Waals surface area (Å²) >= 11 is 0. The van der Waals surface area contributed by atoms with E-state index in [-0.39, 0.29) is 22.8 Å². The van der Waals surface area contributed by atoms with Crippen molar-refractivity contribution in [3.05, 3.63) is 57.4 Å². The Hall–Kier alpha value is -2.66. The largest absolute Gasteiger partial charge is 0.507 e. The number of hydrogen-bond donors (Lipinski definition) is 1. The minimum Gasteiger partial charge on any atom is -0.507 e. The van der Waals surface area contributed by atoms with Crippen molar-refractivity contribution in [3.8, 4) is 5.75 Å². The van der Waals surface area contributed by atoms with Gasteiger partial charge < -0.3 is 14.6 Å². The highest BCUT2D eigenvalue weighted by Crippen LogP contribution is 2.42. The second-order valence-electron chi connectivity index (χ2n) is 6.80. The average Bonchev–Trinajstić information content (AvgIpc) is 2.76. The van der Waals surface area contributed by atoms with Gasteiger partial charge >= 0.3 is 0 Å². The van der Waals surface area contributed by atoms with Crippen LogP contribution in [-0.4, -0.2) is 30.9 Å². The van der Waals surface area contributed by atoms with Crippen LogP contribution in [0.1, 0.15) is 36.6 Å². The molecule has 0 saturated carbocycles. The minimum atomic E-state index is -0.767. The Balaban J connectivity index is 2.33. The summed E-state index contributed by atoms with van der Waals surface area (Å²) in [7, 11) is 3.05. The molecule has 26 heavy (non-hydrogen) atoms. The Labute approximate surface area is 152 Å². The molecule has 5 nitrogen and oxygen atoms in total. The molecule has 0 aliphatic heterocycles. The highest BCUT2D eigenvalue weighted by molar-refractivity contribution is 6.50. The molecule has 0 fully saturated rings. The van der Waals surface area contributed by atoms with Crippen LogP contribution in [0.25, 0.3) is 6.08 Å². The van der Waals surface area contributed by atoms with Crippen molar-refractivity contribution >= 4 is 17.6 Å². The van der Waals surface area contributed by atoms with Crippen molar-refractivity contribution in [2.75, 3.05) is 14.2 Å². The number of aliphatic hydroxyl groups excluding tert-OH is 1. The van der Waals surface area contributed by atoms with E-state index in [9.17, 15) is 14.7 Å². The summed E-state index contributed by atoms with van der Waals surface area (Å²) in [5, 5.41) is 10.7. The van der Waals surface area contributed by atoms with Gasteiger partial charge in [-0.2, -0.15) is 0 Å². The van der Waals surface area contributed by atoms with Crippen molar-refractivity contribution < 1.29 is 24.2 Å². The maximum Gasteiger partial charge on any atom is 0.233 e. The molecule has 3 rings (SSSR count). The molecule has 0 aromatic heterocycles. The predicted octanol–water partition coefficient (Wildman–Crippen LogP) is 3.63. The monoisotopic (exact) mass is 354 g/mol. The Kier molecular flexibility index (Phi) is 4.59. The third-order valence-corrected chi connectivity index (χ3v) is 4.90. The lowest BCUT2D eigenvalue weighted by Crippen LogP contribution is -2.31. The maximum atomic E-state index is 12.9.